The number of aliphatic imine (C=N–C) groups is 1. The first-order valence-corrected chi connectivity index (χ1v) is 10.7. The zero-order chi connectivity index (χ0) is 19.4. The molecular weight excluding hydrogens is 332 g/mol. The Morgan fingerprint density at radius 3 is 2.67 bits per heavy atom. The van der Waals surface area contributed by atoms with Crippen molar-refractivity contribution in [1.29, 1.82) is 0 Å². The molecule has 0 aromatic carbocycles. The minimum atomic E-state index is 0.203. The zero-order valence-electron chi connectivity index (χ0n) is 17.3. The molecule has 0 amide bonds. The number of ketones is 1. The number of amidine groups is 1. The second-order valence-corrected chi connectivity index (χ2v) is 9.71. The van der Waals surface area contributed by atoms with E-state index in [4.69, 9.17) is 5.73 Å². The predicted molar refractivity (Wildman–Crippen MR) is 111 cm³/mol. The number of fused-ring (bicyclic) bond motifs is 5. The Labute approximate surface area is 163 Å². The lowest BCUT2D eigenvalue weighted by molar-refractivity contribution is -0.122. The lowest BCUT2D eigenvalue weighted by Gasteiger charge is -2.57. The van der Waals surface area contributed by atoms with Crippen molar-refractivity contribution in [3.63, 3.8) is 0 Å². The number of carbonyl (C=O) groups is 1. The Morgan fingerprint density at radius 1 is 1.19 bits per heavy atom. The molecule has 0 radical (unpaired) electrons. The normalized spacial score (nSPS) is 42.1. The van der Waals surface area contributed by atoms with Gasteiger partial charge in [0.05, 0.1) is 11.5 Å². The summed E-state index contributed by atoms with van der Waals surface area (Å²) in [4.78, 5) is 16.7. The number of nitrogens with zero attached hydrogens (tertiary/aromatic N) is 1. The SMILES string of the molecule is C/C=C(\N=C(C)N)C1=CCC2C3CC=C4CC(=O)CCC4(C)C3CC[C@]12C. The van der Waals surface area contributed by atoms with Gasteiger partial charge in [-0.1, -0.05) is 37.6 Å². The molecule has 0 heterocycles. The first-order valence-electron chi connectivity index (χ1n) is 10.7. The second kappa shape index (κ2) is 6.46. The molecule has 0 aromatic heterocycles. The smallest absolute Gasteiger partial charge is 0.136 e. The van der Waals surface area contributed by atoms with Crippen LogP contribution >= 0.6 is 0 Å². The van der Waals surface area contributed by atoms with Crippen LogP contribution < -0.4 is 5.73 Å². The molecule has 0 spiro atoms. The summed E-state index contributed by atoms with van der Waals surface area (Å²) in [7, 11) is 0. The van der Waals surface area contributed by atoms with E-state index in [1.807, 2.05) is 6.92 Å². The lowest BCUT2D eigenvalue weighted by atomic mass is 9.47. The van der Waals surface area contributed by atoms with Crippen molar-refractivity contribution in [1.82, 2.24) is 0 Å². The van der Waals surface area contributed by atoms with Crippen molar-refractivity contribution in [3.8, 4) is 0 Å². The maximum atomic E-state index is 12.0. The molecule has 2 saturated carbocycles. The van der Waals surface area contributed by atoms with Gasteiger partial charge in [0, 0.05) is 12.8 Å². The van der Waals surface area contributed by atoms with E-state index in [0.717, 1.165) is 43.2 Å². The average Bonchev–Trinajstić information content (AvgIpc) is 2.97. The maximum absolute atomic E-state index is 12.0. The van der Waals surface area contributed by atoms with Gasteiger partial charge in [-0.3, -0.25) is 4.79 Å². The van der Waals surface area contributed by atoms with Crippen molar-refractivity contribution < 1.29 is 4.79 Å². The van der Waals surface area contributed by atoms with E-state index in [0.29, 0.717) is 24.0 Å². The van der Waals surface area contributed by atoms with Crippen LogP contribution in [0, 0.1) is 28.6 Å². The van der Waals surface area contributed by atoms with Crippen molar-refractivity contribution in [2.75, 3.05) is 0 Å². The number of nitrogens with two attached hydrogens (primary N) is 1. The van der Waals surface area contributed by atoms with Gasteiger partial charge in [0.1, 0.15) is 5.78 Å². The summed E-state index contributed by atoms with van der Waals surface area (Å²) in [6.07, 6.45) is 14.3. The molecule has 5 atom stereocenters. The predicted octanol–water partition coefficient (Wildman–Crippen LogP) is 5.34. The van der Waals surface area contributed by atoms with E-state index in [2.05, 4.69) is 44.0 Å². The molecule has 27 heavy (non-hydrogen) atoms. The monoisotopic (exact) mass is 366 g/mol. The highest BCUT2D eigenvalue weighted by Crippen LogP contribution is 2.65. The summed E-state index contributed by atoms with van der Waals surface area (Å²) < 4.78 is 0. The molecule has 0 aliphatic heterocycles. The maximum Gasteiger partial charge on any atom is 0.136 e. The Balaban J connectivity index is 1.65. The zero-order valence-corrected chi connectivity index (χ0v) is 17.3. The van der Waals surface area contributed by atoms with Gasteiger partial charge in [-0.25, -0.2) is 4.99 Å². The van der Waals surface area contributed by atoms with Crippen LogP contribution in [0.15, 0.2) is 40.1 Å². The summed E-state index contributed by atoms with van der Waals surface area (Å²) in [6, 6.07) is 0. The van der Waals surface area contributed by atoms with Gasteiger partial charge in [-0.15, -0.1) is 0 Å². The second-order valence-electron chi connectivity index (χ2n) is 9.71. The van der Waals surface area contributed by atoms with Crippen LogP contribution in [0.4, 0.5) is 0 Å². The largest absolute Gasteiger partial charge is 0.387 e. The molecule has 4 unspecified atom stereocenters. The van der Waals surface area contributed by atoms with E-state index in [1.165, 1.54) is 24.0 Å². The van der Waals surface area contributed by atoms with Crippen LogP contribution in [-0.2, 0) is 4.79 Å². The van der Waals surface area contributed by atoms with Gasteiger partial charge in [0.15, 0.2) is 0 Å². The lowest BCUT2D eigenvalue weighted by Crippen LogP contribution is -2.49. The van der Waals surface area contributed by atoms with Crippen LogP contribution in [0.1, 0.15) is 72.6 Å². The van der Waals surface area contributed by atoms with E-state index in [1.54, 1.807) is 0 Å². The summed E-state index contributed by atoms with van der Waals surface area (Å²) in [5.41, 5.74) is 10.3. The van der Waals surface area contributed by atoms with Gasteiger partial charge in [0.2, 0.25) is 0 Å². The highest BCUT2D eigenvalue weighted by molar-refractivity contribution is 5.82. The van der Waals surface area contributed by atoms with Crippen molar-refractivity contribution in [2.24, 2.45) is 39.3 Å². The number of Topliss-reactive ketones (excluding diaryl/α,β-unsaturated/α-hetero) is 1. The van der Waals surface area contributed by atoms with Crippen molar-refractivity contribution >= 4 is 11.6 Å². The van der Waals surface area contributed by atoms with Gasteiger partial charge in [-0.05, 0) is 80.1 Å². The standard InChI is InChI=1S/C24H34N2O/c1-5-22(26-15(2)25)21-9-8-19-18-7-6-16-14-17(27)10-12-23(16,3)20(18)11-13-24(19,21)4/h5-6,9,18-20H,7-8,10-14H2,1-4H3,(H2,25,26)/b22-5-/t18?,19?,20?,23?,24-/m0/s1. The number of hydrogen-bond acceptors (Lipinski definition) is 2. The van der Waals surface area contributed by atoms with Crippen LogP contribution in [0.5, 0.6) is 0 Å². The number of carbonyl (C=O) groups excluding carboxylic acids is 1. The molecule has 4 rings (SSSR count). The molecule has 0 aromatic rings. The van der Waals surface area contributed by atoms with E-state index in [9.17, 15) is 4.79 Å². The Morgan fingerprint density at radius 2 is 1.96 bits per heavy atom. The van der Waals surface area contributed by atoms with Crippen LogP contribution in [0.3, 0.4) is 0 Å². The highest BCUT2D eigenvalue weighted by Gasteiger charge is 2.56. The Hall–Kier alpha value is -1.64. The molecule has 0 saturated heterocycles. The first kappa shape index (κ1) is 18.7. The molecule has 4 aliphatic rings. The molecule has 2 N–H and O–H groups in total. The summed E-state index contributed by atoms with van der Waals surface area (Å²) in [5, 5.41) is 0. The fourth-order valence-electron chi connectivity index (χ4n) is 6.91. The van der Waals surface area contributed by atoms with Crippen molar-refractivity contribution in [3.05, 3.63) is 35.1 Å². The Bertz CT molecular complexity index is 782. The minimum absolute atomic E-state index is 0.203. The molecule has 0 bridgehead atoms. The quantitative estimate of drug-likeness (QED) is 0.408. The first-order chi connectivity index (χ1) is 12.8. The summed E-state index contributed by atoms with van der Waals surface area (Å²) in [5.74, 6) is 3.21. The number of allylic oxidation sites excluding steroid dienone is 5. The molecule has 3 nitrogen and oxygen atoms in total. The fourth-order valence-corrected chi connectivity index (χ4v) is 6.91. The molecule has 3 heteroatoms. The third-order valence-corrected chi connectivity index (χ3v) is 8.36. The van der Waals surface area contributed by atoms with Gasteiger partial charge < -0.3 is 5.73 Å². The third kappa shape index (κ3) is 2.77. The average molecular weight is 367 g/mol. The van der Waals surface area contributed by atoms with E-state index >= 15 is 0 Å². The van der Waals surface area contributed by atoms with E-state index in [-0.39, 0.29) is 10.8 Å². The summed E-state index contributed by atoms with van der Waals surface area (Å²) in [6.45, 7) is 8.85. The Kier molecular flexibility index (Phi) is 4.48. The van der Waals surface area contributed by atoms with Gasteiger partial charge >= 0.3 is 0 Å². The van der Waals surface area contributed by atoms with Crippen LogP contribution in [-0.4, -0.2) is 11.6 Å². The minimum Gasteiger partial charge on any atom is -0.387 e. The molecule has 2 fully saturated rings. The third-order valence-electron chi connectivity index (χ3n) is 8.36. The van der Waals surface area contributed by atoms with E-state index < -0.39 is 0 Å². The highest BCUT2D eigenvalue weighted by atomic mass is 16.1. The van der Waals surface area contributed by atoms with Crippen LogP contribution in [0.25, 0.3) is 0 Å². The molecular formula is C24H34N2O. The van der Waals surface area contributed by atoms with Gasteiger partial charge in [-0.2, -0.15) is 0 Å². The van der Waals surface area contributed by atoms with Crippen LogP contribution in [0.2, 0.25) is 0 Å². The number of hydrogen-bond donors (Lipinski definition) is 1. The summed E-state index contributed by atoms with van der Waals surface area (Å²) >= 11 is 0. The van der Waals surface area contributed by atoms with Crippen molar-refractivity contribution in [2.45, 2.75) is 72.6 Å². The van der Waals surface area contributed by atoms with Gasteiger partial charge in [0.25, 0.3) is 0 Å². The molecule has 4 aliphatic carbocycles. The number of rotatable bonds is 2. The topological polar surface area (TPSA) is 55.4 Å². The fraction of sp³-hybridized carbons (Fsp3) is 0.667. The molecule has 146 valence electrons.